The van der Waals surface area contributed by atoms with Gasteiger partial charge in [-0.05, 0) is 19.3 Å². The van der Waals surface area contributed by atoms with Crippen molar-refractivity contribution in [2.75, 3.05) is 13.2 Å². The van der Waals surface area contributed by atoms with Crippen molar-refractivity contribution in [3.05, 3.63) is 0 Å². The molecule has 1 rings (SSSR count). The predicted molar refractivity (Wildman–Crippen MR) is 47.0 cm³/mol. The molecule has 1 unspecified atom stereocenters. The second-order valence-corrected chi connectivity index (χ2v) is 3.22. The fraction of sp³-hybridized carbons (Fsp3) is 0.778. The molecule has 0 aromatic heterocycles. The lowest BCUT2D eigenvalue weighted by Gasteiger charge is -2.21. The van der Waals surface area contributed by atoms with Gasteiger partial charge in [0.15, 0.2) is 0 Å². The minimum atomic E-state index is -0.163. The van der Waals surface area contributed by atoms with Crippen LogP contribution in [0.5, 0.6) is 0 Å². The van der Waals surface area contributed by atoms with E-state index >= 15 is 0 Å². The summed E-state index contributed by atoms with van der Waals surface area (Å²) in [6.07, 6.45) is 1.75. The monoisotopic (exact) mass is 185 g/mol. The normalized spacial score (nSPS) is 22.2. The van der Waals surface area contributed by atoms with Crippen molar-refractivity contribution in [1.82, 2.24) is 5.32 Å². The molecule has 0 aromatic carbocycles. The molecule has 1 heterocycles. The number of ether oxygens (including phenoxy) is 1. The number of hydrogen-bond acceptors (Lipinski definition) is 3. The van der Waals surface area contributed by atoms with Crippen LogP contribution in [0, 0.1) is 5.92 Å². The van der Waals surface area contributed by atoms with E-state index in [0.29, 0.717) is 26.0 Å². The number of carbonyl (C=O) groups excluding carboxylic acids is 2. The van der Waals surface area contributed by atoms with Crippen LogP contribution in [0.3, 0.4) is 0 Å². The molecule has 1 N–H and O–H groups in total. The molecule has 0 aromatic rings. The largest absolute Gasteiger partial charge is 0.466 e. The van der Waals surface area contributed by atoms with E-state index in [4.69, 9.17) is 4.74 Å². The topological polar surface area (TPSA) is 55.4 Å². The molecule has 1 saturated heterocycles. The summed E-state index contributed by atoms with van der Waals surface area (Å²) in [5.74, 6) is 0.181. The summed E-state index contributed by atoms with van der Waals surface area (Å²) in [5, 5.41) is 2.73. The van der Waals surface area contributed by atoms with Crippen LogP contribution >= 0.6 is 0 Å². The Morgan fingerprint density at radius 3 is 3.00 bits per heavy atom. The van der Waals surface area contributed by atoms with Crippen LogP contribution in [0.2, 0.25) is 0 Å². The minimum Gasteiger partial charge on any atom is -0.466 e. The lowest BCUT2D eigenvalue weighted by atomic mass is 9.96. The second-order valence-electron chi connectivity index (χ2n) is 3.22. The van der Waals surface area contributed by atoms with Gasteiger partial charge in [0.1, 0.15) is 0 Å². The molecule has 1 atom stereocenters. The summed E-state index contributed by atoms with van der Waals surface area (Å²) in [6, 6.07) is 0. The van der Waals surface area contributed by atoms with Crippen LogP contribution in [0.15, 0.2) is 0 Å². The van der Waals surface area contributed by atoms with E-state index in [1.165, 1.54) is 0 Å². The van der Waals surface area contributed by atoms with Crippen LogP contribution in [0.1, 0.15) is 26.2 Å². The van der Waals surface area contributed by atoms with Crippen molar-refractivity contribution in [2.45, 2.75) is 26.2 Å². The molecule has 74 valence electrons. The lowest BCUT2D eigenvalue weighted by Crippen LogP contribution is -2.35. The first-order valence-electron chi connectivity index (χ1n) is 4.64. The van der Waals surface area contributed by atoms with Gasteiger partial charge in [-0.15, -0.1) is 0 Å². The first kappa shape index (κ1) is 10.0. The molecule has 1 aliphatic heterocycles. The third-order valence-electron chi connectivity index (χ3n) is 2.13. The molecule has 13 heavy (non-hydrogen) atoms. The van der Waals surface area contributed by atoms with Gasteiger partial charge in [-0.1, -0.05) is 0 Å². The predicted octanol–water partition coefficient (Wildman–Crippen LogP) is 0.466. The van der Waals surface area contributed by atoms with Gasteiger partial charge in [-0.2, -0.15) is 0 Å². The van der Waals surface area contributed by atoms with Crippen molar-refractivity contribution in [2.24, 2.45) is 5.92 Å². The highest BCUT2D eigenvalue weighted by atomic mass is 16.5. The summed E-state index contributed by atoms with van der Waals surface area (Å²) < 4.78 is 4.82. The number of nitrogens with one attached hydrogen (secondary N) is 1. The first-order valence-corrected chi connectivity index (χ1v) is 4.64. The summed E-state index contributed by atoms with van der Waals surface area (Å²) in [7, 11) is 0. The third kappa shape index (κ3) is 3.44. The molecule has 1 fully saturated rings. The molecule has 4 nitrogen and oxygen atoms in total. The Morgan fingerprint density at radius 2 is 2.46 bits per heavy atom. The maximum Gasteiger partial charge on any atom is 0.306 e. The third-order valence-corrected chi connectivity index (χ3v) is 2.13. The van der Waals surface area contributed by atoms with Crippen LogP contribution < -0.4 is 5.32 Å². The van der Waals surface area contributed by atoms with Crippen molar-refractivity contribution in [3.63, 3.8) is 0 Å². The highest BCUT2D eigenvalue weighted by molar-refractivity contribution is 5.77. The Labute approximate surface area is 77.6 Å². The van der Waals surface area contributed by atoms with Gasteiger partial charge >= 0.3 is 5.97 Å². The number of amides is 1. The molecule has 0 spiro atoms. The maximum absolute atomic E-state index is 11.1. The smallest absolute Gasteiger partial charge is 0.306 e. The second kappa shape index (κ2) is 4.84. The van der Waals surface area contributed by atoms with Crippen LogP contribution in [-0.4, -0.2) is 25.0 Å². The van der Waals surface area contributed by atoms with E-state index in [1.54, 1.807) is 6.92 Å². The summed E-state index contributed by atoms with van der Waals surface area (Å²) in [4.78, 5) is 21.9. The van der Waals surface area contributed by atoms with Crippen molar-refractivity contribution in [3.8, 4) is 0 Å². The standard InChI is InChI=1S/C9H15NO3/c1-2-13-9(12)5-7-3-4-8(11)10-6-7/h7H,2-6H2,1H3,(H,10,11). The quantitative estimate of drug-likeness (QED) is 0.650. The zero-order chi connectivity index (χ0) is 9.68. The van der Waals surface area contributed by atoms with Crippen molar-refractivity contribution < 1.29 is 14.3 Å². The summed E-state index contributed by atoms with van der Waals surface area (Å²) in [6.45, 7) is 2.83. The van der Waals surface area contributed by atoms with E-state index in [-0.39, 0.29) is 17.8 Å². The number of esters is 1. The van der Waals surface area contributed by atoms with Crippen LogP contribution in [0.25, 0.3) is 0 Å². The number of piperidine rings is 1. The number of carbonyl (C=O) groups is 2. The Morgan fingerprint density at radius 1 is 1.69 bits per heavy atom. The Bertz CT molecular complexity index is 193. The lowest BCUT2D eigenvalue weighted by molar-refractivity contribution is -0.144. The van der Waals surface area contributed by atoms with E-state index in [9.17, 15) is 9.59 Å². The van der Waals surface area contributed by atoms with E-state index in [1.807, 2.05) is 0 Å². The molecular formula is C9H15NO3. The summed E-state index contributed by atoms with van der Waals surface area (Å²) >= 11 is 0. The minimum absolute atomic E-state index is 0.0834. The number of rotatable bonds is 3. The SMILES string of the molecule is CCOC(=O)CC1CCC(=O)NC1. The fourth-order valence-electron chi connectivity index (χ4n) is 1.41. The van der Waals surface area contributed by atoms with E-state index in [2.05, 4.69) is 5.32 Å². The van der Waals surface area contributed by atoms with Crippen molar-refractivity contribution in [1.29, 1.82) is 0 Å². The fourth-order valence-corrected chi connectivity index (χ4v) is 1.41. The zero-order valence-electron chi connectivity index (χ0n) is 7.84. The highest BCUT2D eigenvalue weighted by Gasteiger charge is 2.20. The van der Waals surface area contributed by atoms with Gasteiger partial charge in [-0.25, -0.2) is 0 Å². The van der Waals surface area contributed by atoms with Crippen LogP contribution in [0.4, 0.5) is 0 Å². The van der Waals surface area contributed by atoms with Gasteiger partial charge in [0.2, 0.25) is 5.91 Å². The zero-order valence-corrected chi connectivity index (χ0v) is 7.84. The average molecular weight is 185 g/mol. The molecule has 1 amide bonds. The first-order chi connectivity index (χ1) is 6.22. The Hall–Kier alpha value is -1.06. The summed E-state index contributed by atoms with van der Waals surface area (Å²) in [5.41, 5.74) is 0. The van der Waals surface area contributed by atoms with E-state index in [0.717, 1.165) is 6.42 Å². The van der Waals surface area contributed by atoms with Gasteiger partial charge in [0.25, 0.3) is 0 Å². The molecule has 0 bridgehead atoms. The number of hydrogen-bond donors (Lipinski definition) is 1. The van der Waals surface area contributed by atoms with Gasteiger partial charge in [-0.3, -0.25) is 9.59 Å². The van der Waals surface area contributed by atoms with Gasteiger partial charge in [0, 0.05) is 13.0 Å². The Balaban J connectivity index is 2.22. The van der Waals surface area contributed by atoms with Crippen LogP contribution in [-0.2, 0) is 14.3 Å². The van der Waals surface area contributed by atoms with E-state index < -0.39 is 0 Å². The Kier molecular flexibility index (Phi) is 3.73. The molecule has 0 aliphatic carbocycles. The molecule has 0 saturated carbocycles. The molecule has 1 aliphatic rings. The maximum atomic E-state index is 11.1. The average Bonchev–Trinajstić information content (AvgIpc) is 2.09. The molecule has 0 radical (unpaired) electrons. The molecular weight excluding hydrogens is 170 g/mol. The molecule has 4 heteroatoms. The highest BCUT2D eigenvalue weighted by Crippen LogP contribution is 2.14. The van der Waals surface area contributed by atoms with Crippen molar-refractivity contribution >= 4 is 11.9 Å². The van der Waals surface area contributed by atoms with Gasteiger partial charge < -0.3 is 10.1 Å². The van der Waals surface area contributed by atoms with Gasteiger partial charge in [0.05, 0.1) is 13.0 Å².